The van der Waals surface area contributed by atoms with Gasteiger partial charge < -0.3 is 24.3 Å². The van der Waals surface area contributed by atoms with E-state index in [2.05, 4.69) is 5.32 Å². The number of ether oxygens (including phenoxy) is 3. The van der Waals surface area contributed by atoms with Crippen molar-refractivity contribution in [3.8, 4) is 0 Å². The van der Waals surface area contributed by atoms with Crippen LogP contribution in [0.25, 0.3) is 0 Å². The highest BCUT2D eigenvalue weighted by Gasteiger charge is 2.26. The van der Waals surface area contributed by atoms with Crippen molar-refractivity contribution < 1.29 is 23.8 Å². The van der Waals surface area contributed by atoms with E-state index in [1.54, 1.807) is 34.6 Å². The summed E-state index contributed by atoms with van der Waals surface area (Å²) < 4.78 is 15.5. The predicted molar refractivity (Wildman–Crippen MR) is 66.3 cm³/mol. The molecule has 0 aromatic rings. The molecule has 1 N–H and O–H groups in total. The predicted octanol–water partition coefficient (Wildman–Crippen LogP) is 1.48. The Labute approximate surface area is 108 Å². The van der Waals surface area contributed by atoms with Gasteiger partial charge >= 0.3 is 6.09 Å². The van der Waals surface area contributed by atoms with Crippen molar-refractivity contribution in [2.24, 2.45) is 0 Å². The molecule has 1 unspecified atom stereocenters. The number of hydrogen-bond donors (Lipinski definition) is 1. The standard InChI is InChI=1S/C12H23NO5/c1-6-16-10(17-7-2)9(8-14)13-11(15)18-12(3,4)5/h8-10H,6-7H2,1-5H3,(H,13,15). The van der Waals surface area contributed by atoms with Crippen LogP contribution in [-0.4, -0.2) is 43.5 Å². The van der Waals surface area contributed by atoms with Crippen molar-refractivity contribution in [3.05, 3.63) is 0 Å². The second kappa shape index (κ2) is 8.05. The lowest BCUT2D eigenvalue weighted by Gasteiger charge is -2.25. The third kappa shape index (κ3) is 7.24. The summed E-state index contributed by atoms with van der Waals surface area (Å²) in [4.78, 5) is 22.5. The van der Waals surface area contributed by atoms with Gasteiger partial charge in [0.05, 0.1) is 0 Å². The van der Waals surface area contributed by atoms with Gasteiger partial charge in [-0.1, -0.05) is 0 Å². The molecule has 0 rings (SSSR count). The van der Waals surface area contributed by atoms with Crippen LogP contribution in [-0.2, 0) is 19.0 Å². The summed E-state index contributed by atoms with van der Waals surface area (Å²) >= 11 is 0. The first-order valence-corrected chi connectivity index (χ1v) is 6.02. The topological polar surface area (TPSA) is 73.9 Å². The van der Waals surface area contributed by atoms with E-state index in [9.17, 15) is 9.59 Å². The van der Waals surface area contributed by atoms with E-state index in [1.165, 1.54) is 0 Å². The molecule has 0 aliphatic rings. The van der Waals surface area contributed by atoms with Gasteiger partial charge in [-0.05, 0) is 34.6 Å². The highest BCUT2D eigenvalue weighted by atomic mass is 16.7. The Morgan fingerprint density at radius 3 is 2.06 bits per heavy atom. The molecule has 0 aliphatic heterocycles. The molecule has 0 saturated heterocycles. The summed E-state index contributed by atoms with van der Waals surface area (Å²) in [5.41, 5.74) is -0.621. The van der Waals surface area contributed by atoms with Crippen molar-refractivity contribution in [1.29, 1.82) is 0 Å². The van der Waals surface area contributed by atoms with Crippen molar-refractivity contribution in [1.82, 2.24) is 5.32 Å². The lowest BCUT2D eigenvalue weighted by Crippen LogP contribution is -2.48. The summed E-state index contributed by atoms with van der Waals surface area (Å²) in [7, 11) is 0. The number of carbonyl (C=O) groups excluding carboxylic acids is 2. The fourth-order valence-electron chi connectivity index (χ4n) is 1.19. The number of amides is 1. The molecular formula is C12H23NO5. The molecule has 0 heterocycles. The Morgan fingerprint density at radius 1 is 1.22 bits per heavy atom. The Kier molecular flexibility index (Phi) is 7.54. The van der Waals surface area contributed by atoms with Gasteiger partial charge in [-0.25, -0.2) is 4.79 Å². The third-order valence-electron chi connectivity index (χ3n) is 1.79. The zero-order chi connectivity index (χ0) is 14.2. The molecule has 1 atom stereocenters. The largest absolute Gasteiger partial charge is 0.444 e. The Morgan fingerprint density at radius 2 is 1.72 bits per heavy atom. The van der Waals surface area contributed by atoms with Crippen LogP contribution < -0.4 is 5.32 Å². The number of rotatable bonds is 7. The van der Waals surface area contributed by atoms with Gasteiger partial charge in [0.25, 0.3) is 0 Å². The van der Waals surface area contributed by atoms with Gasteiger partial charge in [-0.2, -0.15) is 0 Å². The first kappa shape index (κ1) is 16.9. The van der Waals surface area contributed by atoms with Crippen molar-refractivity contribution in [3.63, 3.8) is 0 Å². The minimum Gasteiger partial charge on any atom is -0.444 e. The zero-order valence-electron chi connectivity index (χ0n) is 11.7. The van der Waals surface area contributed by atoms with Crippen molar-refractivity contribution >= 4 is 12.4 Å². The Balaban J connectivity index is 4.46. The number of hydrogen-bond acceptors (Lipinski definition) is 5. The van der Waals surface area contributed by atoms with Gasteiger partial charge in [-0.15, -0.1) is 0 Å². The van der Waals surface area contributed by atoms with Crippen LogP contribution >= 0.6 is 0 Å². The van der Waals surface area contributed by atoms with E-state index < -0.39 is 24.0 Å². The smallest absolute Gasteiger partial charge is 0.408 e. The van der Waals surface area contributed by atoms with E-state index in [0.717, 1.165) is 0 Å². The molecule has 0 spiro atoms. The second-order valence-electron chi connectivity index (χ2n) is 4.59. The third-order valence-corrected chi connectivity index (χ3v) is 1.79. The monoisotopic (exact) mass is 261 g/mol. The van der Waals surface area contributed by atoms with E-state index in [-0.39, 0.29) is 0 Å². The first-order chi connectivity index (χ1) is 8.34. The quantitative estimate of drug-likeness (QED) is 0.555. The Hall–Kier alpha value is -1.14. The summed E-state index contributed by atoms with van der Waals surface area (Å²) in [6.45, 7) is 9.54. The maximum Gasteiger partial charge on any atom is 0.408 e. The fraction of sp³-hybridized carbons (Fsp3) is 0.833. The SMILES string of the molecule is CCOC(OCC)C(C=O)NC(=O)OC(C)(C)C. The van der Waals surface area contributed by atoms with Crippen LogP contribution in [0, 0.1) is 0 Å². The lowest BCUT2D eigenvalue weighted by atomic mass is 10.2. The maximum atomic E-state index is 11.5. The minimum absolute atomic E-state index is 0.380. The molecule has 0 aliphatic carbocycles. The highest BCUT2D eigenvalue weighted by Crippen LogP contribution is 2.08. The van der Waals surface area contributed by atoms with Gasteiger partial charge in [0.1, 0.15) is 17.9 Å². The maximum absolute atomic E-state index is 11.5. The first-order valence-electron chi connectivity index (χ1n) is 6.02. The lowest BCUT2D eigenvalue weighted by molar-refractivity contribution is -0.157. The summed E-state index contributed by atoms with van der Waals surface area (Å²) in [5.74, 6) is 0. The van der Waals surface area contributed by atoms with Crippen LogP contribution in [0.5, 0.6) is 0 Å². The summed E-state index contributed by atoms with van der Waals surface area (Å²) in [6.07, 6.45) is -0.908. The van der Waals surface area contributed by atoms with Crippen molar-refractivity contribution in [2.75, 3.05) is 13.2 Å². The average Bonchev–Trinajstić information content (AvgIpc) is 2.23. The normalized spacial score (nSPS) is 13.2. The van der Waals surface area contributed by atoms with E-state index in [0.29, 0.717) is 19.5 Å². The molecule has 6 nitrogen and oxygen atoms in total. The molecule has 0 aromatic carbocycles. The summed E-state index contributed by atoms with van der Waals surface area (Å²) in [5, 5.41) is 2.41. The van der Waals surface area contributed by atoms with Crippen LogP contribution in [0.4, 0.5) is 4.79 Å². The highest BCUT2D eigenvalue weighted by molar-refractivity contribution is 5.73. The van der Waals surface area contributed by atoms with Crippen LogP contribution in [0.1, 0.15) is 34.6 Å². The molecule has 0 bridgehead atoms. The van der Waals surface area contributed by atoms with Crippen molar-refractivity contribution in [2.45, 2.75) is 52.6 Å². The van der Waals surface area contributed by atoms with E-state index in [1.807, 2.05) is 0 Å². The number of nitrogens with one attached hydrogen (secondary N) is 1. The van der Waals surface area contributed by atoms with Crippen LogP contribution in [0.15, 0.2) is 0 Å². The number of alkyl carbamates (subject to hydrolysis) is 1. The molecule has 1 amide bonds. The molecule has 0 fully saturated rings. The van der Waals surface area contributed by atoms with Crippen LogP contribution in [0.2, 0.25) is 0 Å². The number of carbonyl (C=O) groups is 2. The van der Waals surface area contributed by atoms with E-state index in [4.69, 9.17) is 14.2 Å². The molecule has 106 valence electrons. The molecule has 0 radical (unpaired) electrons. The average molecular weight is 261 g/mol. The fourth-order valence-corrected chi connectivity index (χ4v) is 1.19. The minimum atomic E-state index is -0.889. The number of aldehydes is 1. The zero-order valence-corrected chi connectivity index (χ0v) is 11.7. The summed E-state index contributed by atoms with van der Waals surface area (Å²) in [6, 6.07) is -0.889. The second-order valence-corrected chi connectivity index (χ2v) is 4.59. The van der Waals surface area contributed by atoms with Crippen LogP contribution in [0.3, 0.4) is 0 Å². The molecule has 18 heavy (non-hydrogen) atoms. The van der Waals surface area contributed by atoms with Gasteiger partial charge in [0.15, 0.2) is 6.29 Å². The van der Waals surface area contributed by atoms with Gasteiger partial charge in [0, 0.05) is 13.2 Å². The van der Waals surface area contributed by atoms with Gasteiger partial charge in [-0.3, -0.25) is 0 Å². The molecule has 6 heteroatoms. The molecular weight excluding hydrogens is 238 g/mol. The van der Waals surface area contributed by atoms with Gasteiger partial charge in [0.2, 0.25) is 0 Å². The Bertz CT molecular complexity index is 256. The molecule has 0 aromatic heterocycles. The van der Waals surface area contributed by atoms with E-state index >= 15 is 0 Å². The molecule has 0 saturated carbocycles.